The third-order valence-corrected chi connectivity index (χ3v) is 7.68. The van der Waals surface area contributed by atoms with Crippen LogP contribution in [0.1, 0.15) is 27.8 Å². The van der Waals surface area contributed by atoms with Crippen molar-refractivity contribution in [2.75, 3.05) is 0 Å². The van der Waals surface area contributed by atoms with Crippen molar-refractivity contribution in [2.24, 2.45) is 0 Å². The van der Waals surface area contributed by atoms with Gasteiger partial charge in [0.05, 0.1) is 0 Å². The van der Waals surface area contributed by atoms with Crippen LogP contribution in [0, 0.1) is 6.92 Å². The van der Waals surface area contributed by atoms with Crippen LogP contribution >= 0.6 is 0 Å². The van der Waals surface area contributed by atoms with Gasteiger partial charge >= 0.3 is 0 Å². The average molecular weight is 447 g/mol. The Morgan fingerprint density at radius 1 is 0.429 bits per heavy atom. The summed E-state index contributed by atoms with van der Waals surface area (Å²) in [6, 6.07) is 42.4. The van der Waals surface area contributed by atoms with E-state index in [-0.39, 0.29) is 0 Å². The fourth-order valence-corrected chi connectivity index (χ4v) is 6.11. The van der Waals surface area contributed by atoms with Crippen LogP contribution in [0.2, 0.25) is 0 Å². The third kappa shape index (κ3) is 3.14. The molecule has 0 saturated carbocycles. The van der Waals surface area contributed by atoms with Crippen LogP contribution in [0.15, 0.2) is 115 Å². The topological polar surface area (TPSA) is 0 Å². The van der Waals surface area contributed by atoms with Crippen LogP contribution in [-0.4, -0.2) is 0 Å². The van der Waals surface area contributed by atoms with Crippen LogP contribution < -0.4 is 0 Å². The van der Waals surface area contributed by atoms with Gasteiger partial charge in [0.1, 0.15) is 0 Å². The molecule has 0 unspecified atom stereocenters. The number of hydrogen-bond donors (Lipinski definition) is 0. The maximum Gasteiger partial charge on any atom is -0.00132 e. The highest BCUT2D eigenvalue weighted by molar-refractivity contribution is 6.20. The average Bonchev–Trinajstić information content (AvgIpc) is 3.25. The van der Waals surface area contributed by atoms with E-state index >= 15 is 0 Å². The second kappa shape index (κ2) is 7.96. The fourth-order valence-electron chi connectivity index (χ4n) is 6.11. The molecule has 0 bridgehead atoms. The number of aryl methyl sites for hydroxylation is 1. The molecule has 6 aromatic rings. The van der Waals surface area contributed by atoms with E-state index in [4.69, 9.17) is 0 Å². The van der Waals surface area contributed by atoms with Gasteiger partial charge in [-0.25, -0.2) is 0 Å². The van der Waals surface area contributed by atoms with Gasteiger partial charge < -0.3 is 0 Å². The standard InChI is InChI=1S/C35H26/c1-23-19-20-30-33-26(23)17-10-18-29(33)34-31(21-24-11-4-2-5-12-24)27-15-8-9-16-28(27)32(35(30)34)22-25-13-6-3-7-14-25/h2-20H,21-22H2,1H3. The molecule has 0 aliphatic heterocycles. The number of benzene rings is 6. The quantitative estimate of drug-likeness (QED) is 0.253. The van der Waals surface area contributed by atoms with Crippen LogP contribution in [0.3, 0.4) is 0 Å². The largest absolute Gasteiger partial charge is 0.0622 e. The summed E-state index contributed by atoms with van der Waals surface area (Å²) in [5.41, 5.74) is 12.6. The highest BCUT2D eigenvalue weighted by Gasteiger charge is 2.29. The van der Waals surface area contributed by atoms with Crippen LogP contribution in [-0.2, 0) is 12.8 Å². The van der Waals surface area contributed by atoms with E-state index in [1.165, 1.54) is 71.6 Å². The van der Waals surface area contributed by atoms with Gasteiger partial charge in [-0.1, -0.05) is 115 Å². The SMILES string of the molecule is Cc1ccc2c3c(cccc13)-c1c-2c(Cc2ccccc2)c2ccccc2c1Cc1ccccc1. The van der Waals surface area contributed by atoms with Crippen molar-refractivity contribution in [1.82, 2.24) is 0 Å². The van der Waals surface area contributed by atoms with Gasteiger partial charge in [-0.3, -0.25) is 0 Å². The van der Waals surface area contributed by atoms with Gasteiger partial charge in [0.2, 0.25) is 0 Å². The van der Waals surface area contributed by atoms with E-state index < -0.39 is 0 Å². The highest BCUT2D eigenvalue weighted by Crippen LogP contribution is 2.53. The van der Waals surface area contributed by atoms with E-state index in [2.05, 4.69) is 122 Å². The Labute approximate surface area is 206 Å². The summed E-state index contributed by atoms with van der Waals surface area (Å²) in [6.07, 6.45) is 1.86. The van der Waals surface area contributed by atoms with Crippen LogP contribution in [0.25, 0.3) is 43.8 Å². The minimum atomic E-state index is 0.929. The van der Waals surface area contributed by atoms with Crippen molar-refractivity contribution in [2.45, 2.75) is 19.8 Å². The predicted molar refractivity (Wildman–Crippen MR) is 149 cm³/mol. The first-order chi connectivity index (χ1) is 17.3. The summed E-state index contributed by atoms with van der Waals surface area (Å²) < 4.78 is 0. The zero-order valence-corrected chi connectivity index (χ0v) is 19.9. The lowest BCUT2D eigenvalue weighted by molar-refractivity contribution is 1.19. The molecule has 0 radical (unpaired) electrons. The predicted octanol–water partition coefficient (Wildman–Crippen LogP) is 9.13. The maximum atomic E-state index is 2.36. The highest BCUT2D eigenvalue weighted by atomic mass is 14.3. The first-order valence-electron chi connectivity index (χ1n) is 12.5. The second-order valence-electron chi connectivity index (χ2n) is 9.74. The Bertz CT molecular complexity index is 1630. The van der Waals surface area contributed by atoms with E-state index in [0.717, 1.165) is 12.8 Å². The normalized spacial score (nSPS) is 11.8. The Hall–Kier alpha value is -4.16. The Morgan fingerprint density at radius 3 is 1.49 bits per heavy atom. The Balaban J connectivity index is 1.62. The molecule has 6 aromatic carbocycles. The molecule has 0 nitrogen and oxygen atoms in total. The molecule has 0 aromatic heterocycles. The van der Waals surface area contributed by atoms with Crippen molar-refractivity contribution < 1.29 is 0 Å². The van der Waals surface area contributed by atoms with Gasteiger partial charge in [-0.15, -0.1) is 0 Å². The lowest BCUT2D eigenvalue weighted by atomic mass is 9.83. The smallest absolute Gasteiger partial charge is 0.00132 e. The molecular formula is C35H26. The molecule has 166 valence electrons. The fraction of sp³-hybridized carbons (Fsp3) is 0.0857. The molecule has 0 amide bonds. The second-order valence-corrected chi connectivity index (χ2v) is 9.74. The lowest BCUT2D eigenvalue weighted by Crippen LogP contribution is -2.00. The summed E-state index contributed by atoms with van der Waals surface area (Å²) >= 11 is 0. The maximum absolute atomic E-state index is 2.36. The first-order valence-corrected chi connectivity index (χ1v) is 12.5. The molecule has 7 rings (SSSR count). The molecule has 35 heavy (non-hydrogen) atoms. The molecule has 0 atom stereocenters. The summed E-state index contributed by atoms with van der Waals surface area (Å²) in [6.45, 7) is 2.23. The van der Waals surface area contributed by atoms with E-state index in [0.29, 0.717) is 0 Å². The summed E-state index contributed by atoms with van der Waals surface area (Å²) in [5, 5.41) is 5.54. The van der Waals surface area contributed by atoms with Crippen molar-refractivity contribution >= 4 is 21.5 Å². The number of rotatable bonds is 4. The van der Waals surface area contributed by atoms with Crippen LogP contribution in [0.5, 0.6) is 0 Å². The molecule has 0 saturated heterocycles. The molecule has 0 spiro atoms. The molecule has 1 aliphatic carbocycles. The van der Waals surface area contributed by atoms with Crippen molar-refractivity contribution in [3.63, 3.8) is 0 Å². The van der Waals surface area contributed by atoms with Gasteiger partial charge in [-0.2, -0.15) is 0 Å². The molecule has 0 heterocycles. The molecule has 0 fully saturated rings. The zero-order chi connectivity index (χ0) is 23.4. The summed E-state index contributed by atoms with van der Waals surface area (Å²) in [7, 11) is 0. The first kappa shape index (κ1) is 20.2. The van der Waals surface area contributed by atoms with Gasteiger partial charge in [0.15, 0.2) is 0 Å². The minimum Gasteiger partial charge on any atom is -0.0622 e. The number of hydrogen-bond acceptors (Lipinski definition) is 0. The molecular weight excluding hydrogens is 420 g/mol. The molecule has 0 heteroatoms. The monoisotopic (exact) mass is 446 g/mol. The van der Waals surface area contributed by atoms with Gasteiger partial charge in [-0.05, 0) is 91.4 Å². The summed E-state index contributed by atoms with van der Waals surface area (Å²) in [5.74, 6) is 0. The van der Waals surface area contributed by atoms with Crippen molar-refractivity contribution in [1.29, 1.82) is 0 Å². The third-order valence-electron chi connectivity index (χ3n) is 7.68. The lowest BCUT2D eigenvalue weighted by Gasteiger charge is -2.20. The van der Waals surface area contributed by atoms with E-state index in [1.807, 2.05) is 0 Å². The van der Waals surface area contributed by atoms with Gasteiger partial charge in [0.25, 0.3) is 0 Å². The van der Waals surface area contributed by atoms with Crippen molar-refractivity contribution in [3.8, 4) is 22.3 Å². The molecule has 1 aliphatic rings. The zero-order valence-electron chi connectivity index (χ0n) is 19.9. The molecule has 0 N–H and O–H groups in total. The van der Waals surface area contributed by atoms with Gasteiger partial charge in [0, 0.05) is 0 Å². The van der Waals surface area contributed by atoms with Crippen LogP contribution in [0.4, 0.5) is 0 Å². The summed E-state index contributed by atoms with van der Waals surface area (Å²) in [4.78, 5) is 0. The number of fused-ring (bicyclic) bond motifs is 4. The Morgan fingerprint density at radius 2 is 0.914 bits per heavy atom. The van der Waals surface area contributed by atoms with E-state index in [1.54, 1.807) is 0 Å². The minimum absolute atomic E-state index is 0.929. The van der Waals surface area contributed by atoms with E-state index in [9.17, 15) is 0 Å². The Kier molecular flexibility index (Phi) is 4.60. The van der Waals surface area contributed by atoms with Crippen molar-refractivity contribution in [3.05, 3.63) is 143 Å².